The molecular weight excluding hydrogens is 244 g/mol. The van der Waals surface area contributed by atoms with Crippen LogP contribution in [-0.4, -0.2) is 16.3 Å². The normalized spacial score (nSPS) is 12.6. The van der Waals surface area contributed by atoms with Gasteiger partial charge in [0.05, 0.1) is 9.95 Å². The van der Waals surface area contributed by atoms with Gasteiger partial charge >= 0.3 is 0 Å². The van der Waals surface area contributed by atoms with Crippen LogP contribution in [0, 0.1) is 10.1 Å². The molecule has 0 aliphatic heterocycles. The minimum Gasteiger partial charge on any atom is -0.373 e. The first-order valence-electron chi connectivity index (χ1n) is 5.05. The maximum absolute atomic E-state index is 10.8. The van der Waals surface area contributed by atoms with Crippen LogP contribution < -0.4 is 5.32 Å². The van der Waals surface area contributed by atoms with Gasteiger partial charge in [0.2, 0.25) is 0 Å². The summed E-state index contributed by atoms with van der Waals surface area (Å²) >= 11 is 5.86. The van der Waals surface area contributed by atoms with Gasteiger partial charge in [-0.25, -0.2) is 0 Å². The standard InChI is InChI=1S/C11H13ClN2O3/c1-2-3-7-10(15)13-11-8(12)5-4-6-9(11)14(16)17/h2-6,10,13,15H,7H2,1H3/b3-2+. The van der Waals surface area contributed by atoms with Gasteiger partial charge in [-0.1, -0.05) is 29.8 Å². The number of rotatable bonds is 5. The third kappa shape index (κ3) is 3.72. The minimum absolute atomic E-state index is 0.135. The maximum atomic E-state index is 10.8. The number of halogens is 1. The van der Waals surface area contributed by atoms with Crippen molar-refractivity contribution in [2.45, 2.75) is 19.6 Å². The van der Waals surface area contributed by atoms with E-state index in [0.717, 1.165) is 0 Å². The topological polar surface area (TPSA) is 75.4 Å². The van der Waals surface area contributed by atoms with Crippen molar-refractivity contribution in [3.8, 4) is 0 Å². The third-order valence-corrected chi connectivity index (χ3v) is 2.41. The third-order valence-electron chi connectivity index (χ3n) is 2.09. The van der Waals surface area contributed by atoms with Gasteiger partial charge in [-0.05, 0) is 13.0 Å². The highest BCUT2D eigenvalue weighted by Crippen LogP contribution is 2.32. The van der Waals surface area contributed by atoms with Crippen molar-refractivity contribution >= 4 is 23.0 Å². The molecular formula is C11H13ClN2O3. The minimum atomic E-state index is -0.912. The molecule has 1 atom stereocenters. The highest BCUT2D eigenvalue weighted by atomic mass is 35.5. The molecule has 6 heteroatoms. The van der Waals surface area contributed by atoms with Crippen molar-refractivity contribution in [1.82, 2.24) is 0 Å². The largest absolute Gasteiger partial charge is 0.373 e. The number of nitrogens with zero attached hydrogens (tertiary/aromatic N) is 1. The fourth-order valence-corrected chi connectivity index (χ4v) is 1.52. The lowest BCUT2D eigenvalue weighted by molar-refractivity contribution is -0.384. The number of benzene rings is 1. The molecule has 1 aromatic carbocycles. The van der Waals surface area contributed by atoms with E-state index < -0.39 is 11.2 Å². The van der Waals surface area contributed by atoms with Gasteiger partial charge in [-0.2, -0.15) is 0 Å². The lowest BCUT2D eigenvalue weighted by atomic mass is 10.2. The van der Waals surface area contributed by atoms with Crippen LogP contribution in [0.2, 0.25) is 5.02 Å². The molecule has 1 unspecified atom stereocenters. The highest BCUT2D eigenvalue weighted by molar-refractivity contribution is 6.33. The van der Waals surface area contributed by atoms with Crippen LogP contribution in [0.5, 0.6) is 0 Å². The molecule has 1 rings (SSSR count). The van der Waals surface area contributed by atoms with Crippen LogP contribution in [0.4, 0.5) is 11.4 Å². The Labute approximate surface area is 104 Å². The monoisotopic (exact) mass is 256 g/mol. The van der Waals surface area contributed by atoms with E-state index in [0.29, 0.717) is 6.42 Å². The zero-order chi connectivity index (χ0) is 12.8. The summed E-state index contributed by atoms with van der Waals surface area (Å²) in [6.07, 6.45) is 2.97. The predicted molar refractivity (Wildman–Crippen MR) is 67.2 cm³/mol. The molecule has 0 saturated heterocycles. The van der Waals surface area contributed by atoms with Crippen LogP contribution in [0.1, 0.15) is 13.3 Å². The van der Waals surface area contributed by atoms with Gasteiger partial charge in [0.25, 0.3) is 5.69 Å². The molecule has 2 N–H and O–H groups in total. The average Bonchev–Trinajstić information content (AvgIpc) is 2.28. The first-order chi connectivity index (χ1) is 8.06. The summed E-state index contributed by atoms with van der Waals surface area (Å²) in [7, 11) is 0. The first-order valence-corrected chi connectivity index (χ1v) is 5.42. The Hall–Kier alpha value is -1.59. The van der Waals surface area contributed by atoms with E-state index in [-0.39, 0.29) is 16.4 Å². The molecule has 5 nitrogen and oxygen atoms in total. The molecule has 0 bridgehead atoms. The Morgan fingerprint density at radius 3 is 2.94 bits per heavy atom. The number of hydrogen-bond acceptors (Lipinski definition) is 4. The van der Waals surface area contributed by atoms with Gasteiger partial charge in [0, 0.05) is 12.5 Å². The number of allylic oxidation sites excluding steroid dienone is 1. The fraction of sp³-hybridized carbons (Fsp3) is 0.273. The van der Waals surface area contributed by atoms with Crippen LogP contribution >= 0.6 is 11.6 Å². The van der Waals surface area contributed by atoms with Crippen molar-refractivity contribution in [1.29, 1.82) is 0 Å². The van der Waals surface area contributed by atoms with E-state index >= 15 is 0 Å². The Morgan fingerprint density at radius 1 is 1.65 bits per heavy atom. The number of nitro groups is 1. The van der Waals surface area contributed by atoms with Crippen LogP contribution in [0.3, 0.4) is 0 Å². The molecule has 0 amide bonds. The number of nitro benzene ring substituents is 1. The van der Waals surface area contributed by atoms with Gasteiger partial charge in [-0.15, -0.1) is 0 Å². The molecule has 17 heavy (non-hydrogen) atoms. The molecule has 0 aliphatic carbocycles. The van der Waals surface area contributed by atoms with Crippen molar-refractivity contribution in [2.24, 2.45) is 0 Å². The zero-order valence-corrected chi connectivity index (χ0v) is 10.0. The summed E-state index contributed by atoms with van der Waals surface area (Å²) in [6, 6.07) is 4.35. The molecule has 0 radical (unpaired) electrons. The Kier molecular flexibility index (Phi) is 4.93. The number of anilines is 1. The number of aliphatic hydroxyl groups is 1. The van der Waals surface area contributed by atoms with Crippen molar-refractivity contribution in [3.63, 3.8) is 0 Å². The Morgan fingerprint density at radius 2 is 2.35 bits per heavy atom. The molecule has 0 saturated carbocycles. The summed E-state index contributed by atoms with van der Waals surface area (Å²) in [6.45, 7) is 1.82. The van der Waals surface area contributed by atoms with Gasteiger partial charge in [0.1, 0.15) is 11.9 Å². The predicted octanol–water partition coefficient (Wildman–Crippen LogP) is 2.94. The van der Waals surface area contributed by atoms with Crippen LogP contribution in [0.25, 0.3) is 0 Å². The summed E-state index contributed by atoms with van der Waals surface area (Å²) in [5, 5.41) is 23.2. The number of para-hydroxylation sites is 1. The van der Waals surface area contributed by atoms with E-state index in [9.17, 15) is 15.2 Å². The summed E-state index contributed by atoms with van der Waals surface area (Å²) < 4.78 is 0. The second kappa shape index (κ2) is 6.22. The molecule has 0 aromatic heterocycles. The van der Waals surface area contributed by atoms with Gasteiger partial charge < -0.3 is 10.4 Å². The molecule has 0 spiro atoms. The number of hydrogen-bond donors (Lipinski definition) is 2. The fourth-order valence-electron chi connectivity index (χ4n) is 1.30. The Balaban J connectivity index is 2.92. The smallest absolute Gasteiger partial charge is 0.293 e. The van der Waals surface area contributed by atoms with Crippen molar-refractivity contribution in [3.05, 3.63) is 45.5 Å². The Bertz CT molecular complexity index is 435. The number of nitrogens with one attached hydrogen (secondary N) is 1. The summed E-state index contributed by atoms with van der Waals surface area (Å²) in [4.78, 5) is 10.2. The van der Waals surface area contributed by atoms with E-state index in [2.05, 4.69) is 5.32 Å². The maximum Gasteiger partial charge on any atom is 0.293 e. The summed E-state index contributed by atoms with van der Waals surface area (Å²) in [5.74, 6) is 0. The summed E-state index contributed by atoms with van der Waals surface area (Å²) in [5.41, 5.74) is -0.0202. The van der Waals surface area contributed by atoms with E-state index in [1.54, 1.807) is 12.2 Å². The number of aliphatic hydroxyl groups excluding tert-OH is 1. The molecule has 0 heterocycles. The van der Waals surface area contributed by atoms with E-state index in [1.165, 1.54) is 18.2 Å². The first kappa shape index (κ1) is 13.5. The van der Waals surface area contributed by atoms with Crippen LogP contribution in [0.15, 0.2) is 30.4 Å². The van der Waals surface area contributed by atoms with Crippen molar-refractivity contribution in [2.75, 3.05) is 5.32 Å². The van der Waals surface area contributed by atoms with Gasteiger partial charge in [0.15, 0.2) is 0 Å². The van der Waals surface area contributed by atoms with Gasteiger partial charge in [-0.3, -0.25) is 10.1 Å². The molecule has 1 aromatic rings. The van der Waals surface area contributed by atoms with E-state index in [1.807, 2.05) is 6.92 Å². The average molecular weight is 257 g/mol. The zero-order valence-electron chi connectivity index (χ0n) is 9.26. The molecule has 92 valence electrons. The second-order valence-corrected chi connectivity index (χ2v) is 3.76. The van der Waals surface area contributed by atoms with E-state index in [4.69, 9.17) is 11.6 Å². The van der Waals surface area contributed by atoms with Crippen LogP contribution in [-0.2, 0) is 0 Å². The molecule has 0 aliphatic rings. The SMILES string of the molecule is C/C=C/CC(O)Nc1c(Cl)cccc1[N+](=O)[O-]. The lowest BCUT2D eigenvalue weighted by Gasteiger charge is -2.13. The van der Waals surface area contributed by atoms with Crippen molar-refractivity contribution < 1.29 is 10.0 Å². The highest BCUT2D eigenvalue weighted by Gasteiger charge is 2.18. The second-order valence-electron chi connectivity index (χ2n) is 3.36. The lowest BCUT2D eigenvalue weighted by Crippen LogP contribution is -2.18. The molecule has 0 fully saturated rings. The quantitative estimate of drug-likeness (QED) is 0.368.